The summed E-state index contributed by atoms with van der Waals surface area (Å²) in [5, 5.41) is 9.79. The third-order valence-corrected chi connectivity index (χ3v) is 4.50. The number of alkyl halides is 1. The van der Waals surface area contributed by atoms with E-state index in [1.165, 1.54) is 5.57 Å². The first-order valence-electron chi connectivity index (χ1n) is 8.68. The van der Waals surface area contributed by atoms with E-state index in [2.05, 4.69) is 23.5 Å². The van der Waals surface area contributed by atoms with Gasteiger partial charge in [-0.3, -0.25) is 0 Å². The van der Waals surface area contributed by atoms with Gasteiger partial charge in [0.1, 0.15) is 5.60 Å². The van der Waals surface area contributed by atoms with Crippen LogP contribution in [0, 0.1) is 5.92 Å². The molecular weight excluding hydrogens is 343 g/mol. The molecule has 0 aromatic heterocycles. The van der Waals surface area contributed by atoms with E-state index in [1.807, 2.05) is 32.0 Å². The van der Waals surface area contributed by atoms with E-state index in [4.69, 9.17) is 4.74 Å². The smallest absolute Gasteiger partial charge is 0.407 e. The second-order valence-electron chi connectivity index (χ2n) is 7.25. The van der Waals surface area contributed by atoms with E-state index >= 15 is 0 Å². The van der Waals surface area contributed by atoms with Gasteiger partial charge in [0.25, 0.3) is 5.19 Å². The number of aliphatic hydroxyl groups is 1. The Balaban J connectivity index is 2.33. The lowest BCUT2D eigenvalue weighted by Crippen LogP contribution is -2.35. The quantitative estimate of drug-likeness (QED) is 0.496. The predicted molar refractivity (Wildman–Crippen MR) is 101 cm³/mol. The molecule has 0 spiro atoms. The summed E-state index contributed by atoms with van der Waals surface area (Å²) in [6.07, 6.45) is 7.53. The van der Waals surface area contributed by atoms with Gasteiger partial charge in [-0.25, -0.2) is 9.10 Å². The van der Waals surface area contributed by atoms with Crippen LogP contribution in [0.25, 0.3) is 0 Å². The lowest BCUT2D eigenvalue weighted by Gasteiger charge is -2.25. The molecule has 0 saturated heterocycles. The van der Waals surface area contributed by atoms with Crippen molar-refractivity contribution in [3.63, 3.8) is 0 Å². The largest absolute Gasteiger partial charge is 0.444 e. The topological polar surface area (TPSA) is 61.8 Å². The van der Waals surface area contributed by atoms with Crippen molar-refractivity contribution in [1.29, 1.82) is 0 Å². The average Bonchev–Trinajstić information content (AvgIpc) is 2.47. The summed E-state index contributed by atoms with van der Waals surface area (Å²) in [5.74, 6) is 0.250. The van der Waals surface area contributed by atoms with Crippen LogP contribution < -0.4 is 5.32 Å². The van der Waals surface area contributed by atoms with Crippen LogP contribution in [0.3, 0.4) is 0 Å². The summed E-state index contributed by atoms with van der Waals surface area (Å²) < 4.78 is 20.3. The molecule has 0 radical (unpaired) electrons. The molecule has 2 unspecified atom stereocenters. The molecule has 0 fully saturated rings. The molecule has 1 aliphatic rings. The molecular formula is C18H31FN2O3S. The highest BCUT2D eigenvalue weighted by Crippen LogP contribution is 2.28. The second kappa shape index (κ2) is 9.59. The number of allylic oxidation sites excluding steroid dienone is 2. The summed E-state index contributed by atoms with van der Waals surface area (Å²) in [7, 11) is 0. The third-order valence-electron chi connectivity index (χ3n) is 3.47. The Kier molecular flexibility index (Phi) is 8.44. The van der Waals surface area contributed by atoms with Gasteiger partial charge in [0.2, 0.25) is 0 Å². The molecule has 0 aliphatic heterocycles. The minimum absolute atomic E-state index is 0.250. The molecule has 2 atom stereocenters. The Hall–Kier alpha value is -1.05. The minimum atomic E-state index is -2.24. The molecule has 2 N–H and O–H groups in total. The van der Waals surface area contributed by atoms with Crippen LogP contribution in [0.4, 0.5) is 9.18 Å². The van der Waals surface area contributed by atoms with E-state index in [1.54, 1.807) is 0 Å². The highest BCUT2D eigenvalue weighted by Gasteiger charge is 2.23. The van der Waals surface area contributed by atoms with Crippen molar-refractivity contribution >= 4 is 18.0 Å². The van der Waals surface area contributed by atoms with Gasteiger partial charge in [-0.1, -0.05) is 30.7 Å². The highest BCUT2D eigenvalue weighted by atomic mass is 32.2. The van der Waals surface area contributed by atoms with E-state index in [-0.39, 0.29) is 5.92 Å². The number of carbonyl (C=O) groups is 1. The fraction of sp³-hybridized carbons (Fsp3) is 0.722. The van der Waals surface area contributed by atoms with Gasteiger partial charge in [0, 0.05) is 26.6 Å². The molecule has 25 heavy (non-hydrogen) atoms. The average molecular weight is 375 g/mol. The van der Waals surface area contributed by atoms with Crippen LogP contribution in [-0.4, -0.2) is 45.9 Å². The van der Waals surface area contributed by atoms with Crippen LogP contribution in [0.5, 0.6) is 0 Å². The Morgan fingerprint density at radius 2 is 2.16 bits per heavy atom. The Bertz CT molecular complexity index is 496. The number of hydrogen-bond acceptors (Lipinski definition) is 5. The molecule has 1 aliphatic carbocycles. The fourth-order valence-electron chi connectivity index (χ4n) is 2.33. The summed E-state index contributed by atoms with van der Waals surface area (Å²) >= 11 is 0.816. The lowest BCUT2D eigenvalue weighted by atomic mass is 9.95. The first kappa shape index (κ1) is 22.0. The van der Waals surface area contributed by atoms with Crippen molar-refractivity contribution in [3.8, 4) is 0 Å². The van der Waals surface area contributed by atoms with Gasteiger partial charge in [-0.15, -0.1) is 0 Å². The SMILES string of the molecule is CCN(CCC1=CCC(CNC(=O)OC(C)(C)C)C=C1)SC(C)(O)F. The van der Waals surface area contributed by atoms with E-state index in [9.17, 15) is 14.3 Å². The monoisotopic (exact) mass is 374 g/mol. The number of amides is 1. The third kappa shape index (κ3) is 10.5. The predicted octanol–water partition coefficient (Wildman–Crippen LogP) is 4.01. The molecule has 0 saturated carbocycles. The Morgan fingerprint density at radius 3 is 2.64 bits per heavy atom. The highest BCUT2D eigenvalue weighted by molar-refractivity contribution is 7.98. The van der Waals surface area contributed by atoms with Crippen LogP contribution >= 0.6 is 11.9 Å². The lowest BCUT2D eigenvalue weighted by molar-refractivity contribution is 0.0189. The molecule has 0 heterocycles. The van der Waals surface area contributed by atoms with Gasteiger partial charge < -0.3 is 15.2 Å². The van der Waals surface area contributed by atoms with Gasteiger partial charge >= 0.3 is 6.09 Å². The zero-order valence-electron chi connectivity index (χ0n) is 15.8. The van der Waals surface area contributed by atoms with Gasteiger partial charge in [0.05, 0.1) is 0 Å². The van der Waals surface area contributed by atoms with Crippen LogP contribution in [-0.2, 0) is 4.74 Å². The number of carbonyl (C=O) groups excluding carboxylic acids is 1. The van der Waals surface area contributed by atoms with Crippen LogP contribution in [0.1, 0.15) is 47.5 Å². The maximum Gasteiger partial charge on any atom is 0.407 e. The second-order valence-corrected chi connectivity index (χ2v) is 8.69. The normalized spacial score (nSPS) is 20.2. The van der Waals surface area contributed by atoms with Crippen molar-refractivity contribution in [2.75, 3.05) is 19.6 Å². The summed E-state index contributed by atoms with van der Waals surface area (Å²) in [4.78, 5) is 11.7. The van der Waals surface area contributed by atoms with Crippen molar-refractivity contribution in [3.05, 3.63) is 23.8 Å². The van der Waals surface area contributed by atoms with Crippen molar-refractivity contribution < 1.29 is 19.0 Å². The maximum atomic E-state index is 13.3. The molecule has 0 aromatic rings. The van der Waals surface area contributed by atoms with Crippen molar-refractivity contribution in [1.82, 2.24) is 9.62 Å². The first-order valence-corrected chi connectivity index (χ1v) is 9.45. The number of ether oxygens (including phenoxy) is 1. The van der Waals surface area contributed by atoms with Crippen molar-refractivity contribution in [2.45, 2.75) is 58.2 Å². The molecule has 0 aromatic carbocycles. The maximum absolute atomic E-state index is 13.3. The van der Waals surface area contributed by atoms with E-state index in [0.29, 0.717) is 19.6 Å². The summed E-state index contributed by atoms with van der Waals surface area (Å²) in [6.45, 7) is 10.4. The number of hydrogen-bond donors (Lipinski definition) is 2. The molecule has 1 amide bonds. The van der Waals surface area contributed by atoms with E-state index < -0.39 is 16.9 Å². The zero-order chi connectivity index (χ0) is 19.1. The number of nitrogens with zero attached hydrogens (tertiary/aromatic N) is 1. The standard InChI is InChI=1S/C18H31FN2O3S/c1-6-21(25-18(5,19)23)12-11-14-7-9-15(10-8-14)13-20-16(22)24-17(2,3)4/h7-9,15,23H,6,10-13H2,1-5H3,(H,20,22). The van der Waals surface area contributed by atoms with E-state index in [0.717, 1.165) is 31.7 Å². The van der Waals surface area contributed by atoms with Crippen LogP contribution in [0.15, 0.2) is 23.8 Å². The van der Waals surface area contributed by atoms with Crippen LogP contribution in [0.2, 0.25) is 0 Å². The van der Waals surface area contributed by atoms with Gasteiger partial charge in [-0.05, 0) is 51.5 Å². The first-order chi connectivity index (χ1) is 11.5. The number of halogens is 1. The molecule has 5 nitrogen and oxygen atoms in total. The minimum Gasteiger partial charge on any atom is -0.444 e. The van der Waals surface area contributed by atoms with Crippen molar-refractivity contribution in [2.24, 2.45) is 5.92 Å². The molecule has 0 bridgehead atoms. The summed E-state index contributed by atoms with van der Waals surface area (Å²) in [6, 6.07) is 0. The number of alkyl carbamates (subject to hydrolysis) is 1. The molecule has 7 heteroatoms. The van der Waals surface area contributed by atoms with Gasteiger partial charge in [0.15, 0.2) is 0 Å². The zero-order valence-corrected chi connectivity index (χ0v) is 16.7. The number of rotatable bonds is 8. The Morgan fingerprint density at radius 1 is 1.48 bits per heavy atom. The Labute approximate surface area is 154 Å². The summed E-state index contributed by atoms with van der Waals surface area (Å²) in [5.41, 5.74) is 0.693. The molecule has 144 valence electrons. The number of nitrogens with one attached hydrogen (secondary N) is 1. The van der Waals surface area contributed by atoms with Gasteiger partial charge in [-0.2, -0.15) is 4.39 Å². The fourth-order valence-corrected chi connectivity index (χ4v) is 3.12. The molecule has 1 rings (SSSR count).